The maximum absolute atomic E-state index is 13.5. The quantitative estimate of drug-likeness (QED) is 0.268. The minimum atomic E-state index is -1.01. The Morgan fingerprint density at radius 1 is 0.973 bits per heavy atom. The molecule has 5 rings (SSSR count). The Labute approximate surface area is 214 Å². The summed E-state index contributed by atoms with van der Waals surface area (Å²) in [6.45, 7) is 5.66. The number of para-hydroxylation sites is 1. The number of carboxylic acid groups (broad SMARTS) is 1. The average Bonchev–Trinajstić information content (AvgIpc) is 3.32. The van der Waals surface area contributed by atoms with E-state index in [4.69, 9.17) is 4.42 Å². The number of hydrogen-bond acceptors (Lipinski definition) is 4. The first-order valence-electron chi connectivity index (χ1n) is 12.1. The molecule has 37 heavy (non-hydrogen) atoms. The Kier molecular flexibility index (Phi) is 6.17. The highest BCUT2D eigenvalue weighted by atomic mass is 16.4. The van der Waals surface area contributed by atoms with Crippen LogP contribution in [-0.2, 0) is 7.05 Å². The van der Waals surface area contributed by atoms with Crippen molar-refractivity contribution < 1.29 is 14.3 Å². The van der Waals surface area contributed by atoms with Crippen LogP contribution in [0.15, 0.2) is 88.2 Å². The summed E-state index contributed by atoms with van der Waals surface area (Å²) in [6, 6.07) is 22.3. The molecule has 0 aliphatic rings. The molecule has 2 N–H and O–H groups in total. The van der Waals surface area contributed by atoms with Gasteiger partial charge in [0.2, 0.25) is 0 Å². The number of anilines is 1. The molecule has 5 aromatic rings. The summed E-state index contributed by atoms with van der Waals surface area (Å²) in [7, 11) is 2.00. The Balaban J connectivity index is 1.61. The Morgan fingerprint density at radius 2 is 1.68 bits per heavy atom. The molecule has 3 aromatic carbocycles. The van der Waals surface area contributed by atoms with Crippen LogP contribution in [0.1, 0.15) is 40.0 Å². The summed E-state index contributed by atoms with van der Waals surface area (Å²) >= 11 is 0. The molecular formula is C31H28N2O4. The van der Waals surface area contributed by atoms with E-state index in [1.54, 1.807) is 31.2 Å². The third-order valence-corrected chi connectivity index (χ3v) is 6.77. The van der Waals surface area contributed by atoms with Crippen LogP contribution in [0.5, 0.6) is 0 Å². The highest BCUT2D eigenvalue weighted by Crippen LogP contribution is 2.33. The molecule has 0 fully saturated rings. The summed E-state index contributed by atoms with van der Waals surface area (Å²) in [5.41, 5.74) is 6.35. The SMILES string of the molecule is Cc1cc(C(C)Nc2ccccc2C(=O)O)c2oc(-c3ccc(-c4cccn4C)cc3)c(C)c(=O)c2c1. The molecule has 6 nitrogen and oxygen atoms in total. The molecule has 0 bridgehead atoms. The number of nitrogens with one attached hydrogen (secondary N) is 1. The van der Waals surface area contributed by atoms with E-state index in [9.17, 15) is 14.7 Å². The van der Waals surface area contributed by atoms with Crippen molar-refractivity contribution in [2.24, 2.45) is 7.05 Å². The predicted octanol–water partition coefficient (Wildman–Crippen LogP) is 6.95. The fourth-order valence-electron chi connectivity index (χ4n) is 4.82. The fraction of sp³-hybridized carbons (Fsp3) is 0.161. The minimum Gasteiger partial charge on any atom is -0.478 e. The molecular weight excluding hydrogens is 464 g/mol. The molecule has 0 amide bonds. The van der Waals surface area contributed by atoms with Gasteiger partial charge in [0.15, 0.2) is 5.43 Å². The monoisotopic (exact) mass is 492 g/mol. The normalized spacial score (nSPS) is 12.0. The van der Waals surface area contributed by atoms with Gasteiger partial charge < -0.3 is 19.4 Å². The molecule has 6 heteroatoms. The van der Waals surface area contributed by atoms with Gasteiger partial charge in [0.1, 0.15) is 11.3 Å². The van der Waals surface area contributed by atoms with E-state index in [2.05, 4.69) is 16.0 Å². The molecule has 2 heterocycles. The second-order valence-electron chi connectivity index (χ2n) is 9.41. The van der Waals surface area contributed by atoms with Crippen molar-refractivity contribution in [1.29, 1.82) is 0 Å². The number of fused-ring (bicyclic) bond motifs is 1. The average molecular weight is 493 g/mol. The van der Waals surface area contributed by atoms with Gasteiger partial charge in [-0.25, -0.2) is 4.79 Å². The van der Waals surface area contributed by atoms with Crippen LogP contribution in [0.4, 0.5) is 5.69 Å². The fourth-order valence-corrected chi connectivity index (χ4v) is 4.82. The number of hydrogen-bond donors (Lipinski definition) is 2. The molecule has 0 radical (unpaired) electrons. The van der Waals surface area contributed by atoms with E-state index in [1.807, 2.05) is 69.6 Å². The Bertz CT molecular complexity index is 1690. The molecule has 0 saturated carbocycles. The molecule has 1 atom stereocenters. The van der Waals surface area contributed by atoms with E-state index in [0.717, 1.165) is 27.9 Å². The third kappa shape index (κ3) is 4.42. The minimum absolute atomic E-state index is 0.0779. The van der Waals surface area contributed by atoms with Gasteiger partial charge in [-0.1, -0.05) is 42.5 Å². The molecule has 0 aliphatic carbocycles. The van der Waals surface area contributed by atoms with Gasteiger partial charge in [-0.2, -0.15) is 0 Å². The van der Waals surface area contributed by atoms with Crippen LogP contribution in [0.2, 0.25) is 0 Å². The number of carbonyl (C=O) groups is 1. The van der Waals surface area contributed by atoms with Crippen molar-refractivity contribution in [3.63, 3.8) is 0 Å². The number of nitrogens with zero attached hydrogens (tertiary/aromatic N) is 1. The first-order valence-corrected chi connectivity index (χ1v) is 12.1. The molecule has 2 aromatic heterocycles. The second kappa shape index (κ2) is 9.47. The zero-order chi connectivity index (χ0) is 26.3. The number of benzene rings is 3. The Hall–Kier alpha value is -4.58. The lowest BCUT2D eigenvalue weighted by Gasteiger charge is -2.20. The summed E-state index contributed by atoms with van der Waals surface area (Å²) in [4.78, 5) is 25.2. The van der Waals surface area contributed by atoms with Crippen molar-refractivity contribution in [3.05, 3.63) is 111 Å². The highest BCUT2D eigenvalue weighted by Gasteiger charge is 2.20. The Morgan fingerprint density at radius 3 is 2.35 bits per heavy atom. The van der Waals surface area contributed by atoms with E-state index < -0.39 is 5.97 Å². The van der Waals surface area contributed by atoms with Gasteiger partial charge in [0, 0.05) is 41.3 Å². The summed E-state index contributed by atoms with van der Waals surface area (Å²) < 4.78 is 8.53. The summed E-state index contributed by atoms with van der Waals surface area (Å²) in [5, 5.41) is 13.4. The topological polar surface area (TPSA) is 84.5 Å². The zero-order valence-corrected chi connectivity index (χ0v) is 21.2. The maximum Gasteiger partial charge on any atom is 0.337 e. The van der Waals surface area contributed by atoms with Crippen LogP contribution in [0.25, 0.3) is 33.6 Å². The van der Waals surface area contributed by atoms with Crippen molar-refractivity contribution >= 4 is 22.6 Å². The summed E-state index contributed by atoms with van der Waals surface area (Å²) in [5.74, 6) is -0.480. The standard InChI is InChI=1S/C31H28N2O4/c1-18-16-24(20(3)32-26-9-6-5-8-23(26)31(35)36)30-25(17-18)28(34)19(2)29(37-30)22-13-11-21(12-14-22)27-10-7-15-33(27)4/h5-17,20,32H,1-4H3,(H,35,36). The lowest BCUT2D eigenvalue weighted by atomic mass is 9.98. The van der Waals surface area contributed by atoms with Gasteiger partial charge in [-0.05, 0) is 62.2 Å². The van der Waals surface area contributed by atoms with Gasteiger partial charge >= 0.3 is 5.97 Å². The molecule has 0 spiro atoms. The van der Waals surface area contributed by atoms with Gasteiger partial charge in [0.05, 0.1) is 17.0 Å². The third-order valence-electron chi connectivity index (χ3n) is 6.77. The van der Waals surface area contributed by atoms with Crippen LogP contribution in [0, 0.1) is 13.8 Å². The molecule has 0 aliphatic heterocycles. The largest absolute Gasteiger partial charge is 0.478 e. The lowest BCUT2D eigenvalue weighted by molar-refractivity contribution is 0.0698. The first-order chi connectivity index (χ1) is 17.7. The van der Waals surface area contributed by atoms with Crippen molar-refractivity contribution in [2.45, 2.75) is 26.8 Å². The van der Waals surface area contributed by atoms with Gasteiger partial charge in [0.25, 0.3) is 0 Å². The molecule has 1 unspecified atom stereocenters. The van der Waals surface area contributed by atoms with Crippen molar-refractivity contribution in [2.75, 3.05) is 5.32 Å². The van der Waals surface area contributed by atoms with E-state index in [1.165, 1.54) is 0 Å². The molecule has 186 valence electrons. The predicted molar refractivity (Wildman–Crippen MR) is 147 cm³/mol. The summed E-state index contributed by atoms with van der Waals surface area (Å²) in [6.07, 6.45) is 2.00. The van der Waals surface area contributed by atoms with Crippen molar-refractivity contribution in [3.8, 4) is 22.6 Å². The van der Waals surface area contributed by atoms with Crippen LogP contribution in [-0.4, -0.2) is 15.6 Å². The number of aromatic carboxylic acids is 1. The number of aromatic nitrogens is 1. The smallest absolute Gasteiger partial charge is 0.337 e. The van der Waals surface area contributed by atoms with E-state index >= 15 is 0 Å². The van der Waals surface area contributed by atoms with E-state index in [0.29, 0.717) is 28.0 Å². The van der Waals surface area contributed by atoms with E-state index in [-0.39, 0.29) is 17.0 Å². The highest BCUT2D eigenvalue weighted by molar-refractivity contribution is 5.94. The van der Waals surface area contributed by atoms with Crippen molar-refractivity contribution in [1.82, 2.24) is 4.57 Å². The van der Waals surface area contributed by atoms with Gasteiger partial charge in [-0.15, -0.1) is 0 Å². The number of aryl methyl sites for hydroxylation is 2. The second-order valence-corrected chi connectivity index (χ2v) is 9.41. The first kappa shape index (κ1) is 24.1. The molecule has 0 saturated heterocycles. The van der Waals surface area contributed by atoms with Gasteiger partial charge in [-0.3, -0.25) is 4.79 Å². The lowest BCUT2D eigenvalue weighted by Crippen LogP contribution is -2.14. The van der Waals surface area contributed by atoms with Crippen LogP contribution >= 0.6 is 0 Å². The van der Waals surface area contributed by atoms with Crippen LogP contribution < -0.4 is 10.7 Å². The number of rotatable bonds is 6. The zero-order valence-electron chi connectivity index (χ0n) is 21.2. The number of carboxylic acids is 1. The maximum atomic E-state index is 13.5. The van der Waals surface area contributed by atoms with Crippen LogP contribution in [0.3, 0.4) is 0 Å².